The van der Waals surface area contributed by atoms with Crippen LogP contribution in [0.25, 0.3) is 0 Å². The van der Waals surface area contributed by atoms with Crippen molar-refractivity contribution >= 4 is 23.4 Å². The summed E-state index contributed by atoms with van der Waals surface area (Å²) < 4.78 is 11.3. The van der Waals surface area contributed by atoms with E-state index in [1.165, 1.54) is 0 Å². The van der Waals surface area contributed by atoms with Crippen LogP contribution in [-0.2, 0) is 4.79 Å². The van der Waals surface area contributed by atoms with Gasteiger partial charge in [-0.15, -0.1) is 0 Å². The molecule has 6 nitrogen and oxygen atoms in total. The zero-order valence-corrected chi connectivity index (χ0v) is 16.8. The van der Waals surface area contributed by atoms with Gasteiger partial charge in [-0.2, -0.15) is 0 Å². The molecule has 27 heavy (non-hydrogen) atoms. The highest BCUT2D eigenvalue weighted by Crippen LogP contribution is 2.38. The van der Waals surface area contributed by atoms with Gasteiger partial charge in [0, 0.05) is 44.1 Å². The van der Waals surface area contributed by atoms with Crippen LogP contribution in [0.4, 0.5) is 0 Å². The smallest absolute Gasteiger partial charge is 0.254 e. The fourth-order valence-electron chi connectivity index (χ4n) is 3.66. The first-order chi connectivity index (χ1) is 13.0. The Morgan fingerprint density at radius 3 is 2.48 bits per heavy atom. The summed E-state index contributed by atoms with van der Waals surface area (Å²) in [5.41, 5.74) is 0.498. The molecule has 2 heterocycles. The van der Waals surface area contributed by atoms with Crippen molar-refractivity contribution in [1.29, 1.82) is 0 Å². The maximum atomic E-state index is 12.9. The molecular weight excluding hydrogens is 368 g/mol. The minimum Gasteiger partial charge on any atom is -0.489 e. The molecule has 7 heteroatoms. The van der Waals surface area contributed by atoms with Gasteiger partial charge in [0.25, 0.3) is 5.91 Å². The minimum atomic E-state index is -0.0821. The van der Waals surface area contributed by atoms with Gasteiger partial charge < -0.3 is 19.3 Å². The molecule has 1 saturated heterocycles. The highest BCUT2D eigenvalue weighted by molar-refractivity contribution is 6.32. The van der Waals surface area contributed by atoms with Crippen LogP contribution in [0.1, 0.15) is 43.5 Å². The van der Waals surface area contributed by atoms with E-state index in [1.807, 2.05) is 18.7 Å². The van der Waals surface area contributed by atoms with Crippen LogP contribution in [0, 0.1) is 5.92 Å². The number of amides is 2. The number of hydrogen-bond donors (Lipinski definition) is 0. The van der Waals surface area contributed by atoms with E-state index in [-0.39, 0.29) is 17.7 Å². The zero-order valence-electron chi connectivity index (χ0n) is 16.0. The molecule has 148 valence electrons. The second-order valence-electron chi connectivity index (χ2n) is 6.91. The van der Waals surface area contributed by atoms with Crippen LogP contribution in [0.5, 0.6) is 11.5 Å². The topological polar surface area (TPSA) is 59.1 Å². The Labute approximate surface area is 165 Å². The molecule has 1 aromatic carbocycles. The van der Waals surface area contributed by atoms with Gasteiger partial charge >= 0.3 is 0 Å². The number of carbonyl (C=O) groups is 2. The number of halogens is 1. The van der Waals surface area contributed by atoms with Crippen molar-refractivity contribution < 1.29 is 19.1 Å². The fourth-order valence-corrected chi connectivity index (χ4v) is 3.93. The van der Waals surface area contributed by atoms with Gasteiger partial charge in [-0.25, -0.2) is 0 Å². The Kier molecular flexibility index (Phi) is 6.47. The van der Waals surface area contributed by atoms with Gasteiger partial charge in [-0.1, -0.05) is 11.6 Å². The van der Waals surface area contributed by atoms with Crippen molar-refractivity contribution in [3.8, 4) is 11.5 Å². The van der Waals surface area contributed by atoms with E-state index in [2.05, 4.69) is 0 Å². The Balaban J connectivity index is 1.67. The van der Waals surface area contributed by atoms with E-state index in [1.54, 1.807) is 17.0 Å². The standard InChI is InChI=1S/C20H27ClN2O4/c1-3-22(4-2)19(24)14-6-8-23(9-7-14)20(25)15-12-16(21)18-17(13-15)26-10-5-11-27-18/h12-14H,3-11H2,1-2H3. The highest BCUT2D eigenvalue weighted by Gasteiger charge is 2.30. The van der Waals surface area contributed by atoms with Gasteiger partial charge in [0.1, 0.15) is 0 Å². The molecule has 0 bridgehead atoms. The van der Waals surface area contributed by atoms with Crippen molar-refractivity contribution in [3.05, 3.63) is 22.7 Å². The summed E-state index contributed by atoms with van der Waals surface area (Å²) in [6.07, 6.45) is 2.17. The maximum Gasteiger partial charge on any atom is 0.254 e. The molecule has 2 aliphatic rings. The summed E-state index contributed by atoms with van der Waals surface area (Å²) >= 11 is 6.31. The lowest BCUT2D eigenvalue weighted by Crippen LogP contribution is -2.44. The largest absolute Gasteiger partial charge is 0.489 e. The second-order valence-corrected chi connectivity index (χ2v) is 7.32. The Hall–Kier alpha value is -1.95. The predicted octanol–water partition coefficient (Wildman–Crippen LogP) is 3.22. The average Bonchev–Trinajstić information content (AvgIpc) is 2.94. The first kappa shape index (κ1) is 19.8. The van der Waals surface area contributed by atoms with Crippen LogP contribution < -0.4 is 9.47 Å². The zero-order chi connectivity index (χ0) is 19.4. The van der Waals surface area contributed by atoms with Crippen molar-refractivity contribution in [3.63, 3.8) is 0 Å². The van der Waals surface area contributed by atoms with Crippen LogP contribution in [0.3, 0.4) is 0 Å². The number of ether oxygens (including phenoxy) is 2. The Bertz CT molecular complexity index is 697. The van der Waals surface area contributed by atoms with Crippen molar-refractivity contribution in [2.75, 3.05) is 39.4 Å². The molecule has 1 aromatic rings. The molecule has 0 unspecified atom stereocenters. The quantitative estimate of drug-likeness (QED) is 0.786. The summed E-state index contributed by atoms with van der Waals surface area (Å²) in [6.45, 7) is 7.68. The van der Waals surface area contributed by atoms with Crippen LogP contribution in [-0.4, -0.2) is 61.0 Å². The summed E-state index contributed by atoms with van der Waals surface area (Å²) in [5, 5.41) is 0.393. The third-order valence-corrected chi connectivity index (χ3v) is 5.54. The number of nitrogens with zero attached hydrogens (tertiary/aromatic N) is 2. The minimum absolute atomic E-state index is 0.00122. The monoisotopic (exact) mass is 394 g/mol. The molecule has 0 aromatic heterocycles. The number of rotatable bonds is 4. The third-order valence-electron chi connectivity index (χ3n) is 5.26. The number of fused-ring (bicyclic) bond motifs is 1. The van der Waals surface area contributed by atoms with Crippen molar-refractivity contribution in [2.45, 2.75) is 33.1 Å². The van der Waals surface area contributed by atoms with Crippen LogP contribution in [0.15, 0.2) is 12.1 Å². The van der Waals surface area contributed by atoms with E-state index in [0.717, 1.165) is 19.5 Å². The van der Waals surface area contributed by atoms with E-state index >= 15 is 0 Å². The number of piperidine rings is 1. The predicted molar refractivity (Wildman–Crippen MR) is 104 cm³/mol. The lowest BCUT2D eigenvalue weighted by atomic mass is 9.94. The molecule has 0 N–H and O–H groups in total. The fraction of sp³-hybridized carbons (Fsp3) is 0.600. The highest BCUT2D eigenvalue weighted by atomic mass is 35.5. The summed E-state index contributed by atoms with van der Waals surface area (Å²) in [5.74, 6) is 1.15. The summed E-state index contributed by atoms with van der Waals surface area (Å²) in [7, 11) is 0. The Morgan fingerprint density at radius 2 is 1.81 bits per heavy atom. The van der Waals surface area contributed by atoms with E-state index < -0.39 is 0 Å². The first-order valence-electron chi connectivity index (χ1n) is 9.72. The van der Waals surface area contributed by atoms with Crippen molar-refractivity contribution in [1.82, 2.24) is 9.80 Å². The molecule has 2 amide bonds. The number of carbonyl (C=O) groups excluding carboxylic acids is 2. The number of likely N-dealkylation sites (tertiary alicyclic amines) is 1. The third kappa shape index (κ3) is 4.32. The number of benzene rings is 1. The van der Waals surface area contributed by atoms with Crippen LogP contribution in [0.2, 0.25) is 5.02 Å². The molecule has 0 spiro atoms. The SMILES string of the molecule is CCN(CC)C(=O)C1CCN(C(=O)c2cc(Cl)c3c(c2)OCCCO3)CC1. The van der Waals surface area contributed by atoms with Crippen molar-refractivity contribution in [2.24, 2.45) is 5.92 Å². The van der Waals surface area contributed by atoms with E-state index in [0.29, 0.717) is 61.2 Å². The lowest BCUT2D eigenvalue weighted by molar-refractivity contribution is -0.136. The van der Waals surface area contributed by atoms with Crippen LogP contribution >= 0.6 is 11.6 Å². The average molecular weight is 395 g/mol. The second kappa shape index (κ2) is 8.83. The molecular formula is C20H27ClN2O4. The number of hydrogen-bond acceptors (Lipinski definition) is 4. The maximum absolute atomic E-state index is 12.9. The van der Waals surface area contributed by atoms with Gasteiger partial charge in [0.05, 0.1) is 18.2 Å². The molecule has 0 radical (unpaired) electrons. The summed E-state index contributed by atoms with van der Waals surface area (Å²) in [6, 6.07) is 3.35. The normalized spacial score (nSPS) is 17.4. The van der Waals surface area contributed by atoms with E-state index in [9.17, 15) is 9.59 Å². The molecule has 3 rings (SSSR count). The molecule has 0 atom stereocenters. The van der Waals surface area contributed by atoms with Gasteiger partial charge in [0.15, 0.2) is 11.5 Å². The molecule has 1 fully saturated rings. The molecule has 0 saturated carbocycles. The summed E-state index contributed by atoms with van der Waals surface area (Å²) in [4.78, 5) is 29.1. The van der Waals surface area contributed by atoms with Gasteiger partial charge in [-0.05, 0) is 38.8 Å². The Morgan fingerprint density at radius 1 is 1.15 bits per heavy atom. The molecule has 0 aliphatic carbocycles. The van der Waals surface area contributed by atoms with Gasteiger partial charge in [0.2, 0.25) is 5.91 Å². The van der Waals surface area contributed by atoms with E-state index in [4.69, 9.17) is 21.1 Å². The van der Waals surface area contributed by atoms with Gasteiger partial charge in [-0.3, -0.25) is 9.59 Å². The lowest BCUT2D eigenvalue weighted by Gasteiger charge is -2.34. The molecule has 2 aliphatic heterocycles. The first-order valence-corrected chi connectivity index (χ1v) is 10.1.